The fourth-order valence-electron chi connectivity index (χ4n) is 5.18. The fraction of sp³-hybridized carbons (Fsp3) is 0.682. The van der Waals surface area contributed by atoms with Crippen molar-refractivity contribution >= 4 is 5.91 Å². The summed E-state index contributed by atoms with van der Waals surface area (Å²) < 4.78 is 0. The van der Waals surface area contributed by atoms with Crippen LogP contribution in [0.25, 0.3) is 0 Å². The van der Waals surface area contributed by atoms with E-state index < -0.39 is 0 Å². The van der Waals surface area contributed by atoms with Crippen molar-refractivity contribution in [1.29, 1.82) is 0 Å². The molecule has 2 saturated heterocycles. The molecule has 3 aliphatic rings. The van der Waals surface area contributed by atoms with Crippen molar-refractivity contribution in [3.05, 3.63) is 35.4 Å². The van der Waals surface area contributed by atoms with E-state index in [4.69, 9.17) is 0 Å². The maximum Gasteiger partial charge on any atom is 0.236 e. The maximum atomic E-state index is 12.7. The predicted octanol–water partition coefficient (Wildman–Crippen LogP) is 2.72. The van der Waals surface area contributed by atoms with Crippen molar-refractivity contribution in [2.24, 2.45) is 5.92 Å². The highest BCUT2D eigenvalue weighted by Crippen LogP contribution is 2.42. The second kappa shape index (κ2) is 7.32. The zero-order valence-corrected chi connectivity index (χ0v) is 16.4. The minimum absolute atomic E-state index is 0.176. The van der Waals surface area contributed by atoms with Crippen LogP contribution in [0.3, 0.4) is 0 Å². The molecule has 1 aromatic carbocycles. The number of piperidine rings is 2. The average molecular weight is 356 g/mol. The standard InChI is InChI=1S/C22H33N3O/c1-18-7-13-25(14-8-18)21(26)17-24-15-10-22(11-16-24)20-6-4-3-5-19(20)9-12-23(22)2/h3-6,18H,7-17H2,1-2H3. The minimum Gasteiger partial charge on any atom is -0.342 e. The molecule has 0 saturated carbocycles. The first-order valence-electron chi connectivity index (χ1n) is 10.4. The van der Waals surface area contributed by atoms with Gasteiger partial charge in [-0.15, -0.1) is 0 Å². The Hall–Kier alpha value is -1.39. The molecule has 0 unspecified atom stereocenters. The number of likely N-dealkylation sites (N-methyl/N-ethyl adjacent to an activating group) is 1. The Morgan fingerprint density at radius 1 is 1.08 bits per heavy atom. The first-order valence-corrected chi connectivity index (χ1v) is 10.4. The molecular formula is C22H33N3O. The van der Waals surface area contributed by atoms with Gasteiger partial charge in [0.2, 0.25) is 5.91 Å². The molecule has 0 radical (unpaired) electrons. The normalized spacial score (nSPS) is 24.6. The summed E-state index contributed by atoms with van der Waals surface area (Å²) in [6.07, 6.45) is 5.74. The van der Waals surface area contributed by atoms with Crippen LogP contribution in [0.2, 0.25) is 0 Å². The van der Waals surface area contributed by atoms with Crippen LogP contribution in [0.15, 0.2) is 24.3 Å². The molecule has 1 spiro atoms. The van der Waals surface area contributed by atoms with Crippen molar-refractivity contribution in [1.82, 2.24) is 14.7 Å². The Labute approximate surface area is 158 Å². The Bertz CT molecular complexity index is 643. The third-order valence-corrected chi connectivity index (χ3v) is 7.14. The van der Waals surface area contributed by atoms with Gasteiger partial charge in [-0.1, -0.05) is 31.2 Å². The molecule has 2 fully saturated rings. The summed E-state index contributed by atoms with van der Waals surface area (Å²) in [4.78, 5) is 19.7. The third kappa shape index (κ3) is 3.29. The summed E-state index contributed by atoms with van der Waals surface area (Å²) >= 11 is 0. The largest absolute Gasteiger partial charge is 0.342 e. The van der Waals surface area contributed by atoms with Gasteiger partial charge >= 0.3 is 0 Å². The number of likely N-dealkylation sites (tertiary alicyclic amines) is 2. The van der Waals surface area contributed by atoms with Gasteiger partial charge in [-0.05, 0) is 56.2 Å². The molecule has 3 heterocycles. The van der Waals surface area contributed by atoms with E-state index in [0.29, 0.717) is 12.5 Å². The van der Waals surface area contributed by atoms with Crippen molar-refractivity contribution in [3.8, 4) is 0 Å². The third-order valence-electron chi connectivity index (χ3n) is 7.14. The zero-order chi connectivity index (χ0) is 18.1. The summed E-state index contributed by atoms with van der Waals surface area (Å²) in [5.74, 6) is 1.11. The molecule has 0 aliphatic carbocycles. The molecular weight excluding hydrogens is 322 g/mol. The van der Waals surface area contributed by atoms with E-state index in [1.165, 1.54) is 11.1 Å². The van der Waals surface area contributed by atoms with Crippen LogP contribution in [-0.4, -0.2) is 66.9 Å². The molecule has 4 heteroatoms. The smallest absolute Gasteiger partial charge is 0.236 e. The lowest BCUT2D eigenvalue weighted by molar-refractivity contribution is -0.134. The highest BCUT2D eigenvalue weighted by molar-refractivity contribution is 5.78. The topological polar surface area (TPSA) is 26.8 Å². The van der Waals surface area contributed by atoms with Gasteiger partial charge < -0.3 is 4.90 Å². The second-order valence-corrected chi connectivity index (χ2v) is 8.70. The quantitative estimate of drug-likeness (QED) is 0.816. The average Bonchev–Trinajstić information content (AvgIpc) is 2.67. The second-order valence-electron chi connectivity index (χ2n) is 8.70. The van der Waals surface area contributed by atoms with Crippen molar-refractivity contribution in [3.63, 3.8) is 0 Å². The highest BCUT2D eigenvalue weighted by Gasteiger charge is 2.43. The Morgan fingerprint density at radius 2 is 1.77 bits per heavy atom. The summed E-state index contributed by atoms with van der Waals surface area (Å²) in [5, 5.41) is 0. The van der Waals surface area contributed by atoms with Gasteiger partial charge in [0.15, 0.2) is 0 Å². The molecule has 0 N–H and O–H groups in total. The van der Waals surface area contributed by atoms with Crippen LogP contribution < -0.4 is 0 Å². The summed E-state index contributed by atoms with van der Waals surface area (Å²) in [6, 6.07) is 9.00. The monoisotopic (exact) mass is 355 g/mol. The lowest BCUT2D eigenvalue weighted by Gasteiger charge is -2.51. The summed E-state index contributed by atoms with van der Waals surface area (Å²) in [7, 11) is 2.28. The van der Waals surface area contributed by atoms with Crippen molar-refractivity contribution in [2.75, 3.05) is 46.3 Å². The highest BCUT2D eigenvalue weighted by atomic mass is 16.2. The van der Waals surface area contributed by atoms with Crippen LogP contribution in [0.5, 0.6) is 0 Å². The number of amides is 1. The molecule has 3 aliphatic heterocycles. The number of benzene rings is 1. The molecule has 4 nitrogen and oxygen atoms in total. The molecule has 0 bridgehead atoms. The van der Waals surface area contributed by atoms with Gasteiger partial charge in [0, 0.05) is 38.3 Å². The first-order chi connectivity index (χ1) is 12.6. The molecule has 0 atom stereocenters. The molecule has 4 rings (SSSR count). The lowest BCUT2D eigenvalue weighted by atomic mass is 9.74. The summed E-state index contributed by atoms with van der Waals surface area (Å²) in [5.41, 5.74) is 3.23. The first kappa shape index (κ1) is 18.0. The molecule has 0 aromatic heterocycles. The lowest BCUT2D eigenvalue weighted by Crippen LogP contribution is -2.56. The van der Waals surface area contributed by atoms with Gasteiger partial charge in [0.05, 0.1) is 6.54 Å². The number of fused-ring (bicyclic) bond motifs is 2. The Morgan fingerprint density at radius 3 is 2.50 bits per heavy atom. The van der Waals surface area contributed by atoms with Gasteiger partial charge in [-0.3, -0.25) is 14.6 Å². The number of rotatable bonds is 2. The van der Waals surface area contributed by atoms with Crippen molar-refractivity contribution in [2.45, 2.75) is 44.6 Å². The maximum absolute atomic E-state index is 12.7. The molecule has 26 heavy (non-hydrogen) atoms. The molecule has 1 aromatic rings. The minimum atomic E-state index is 0.176. The zero-order valence-electron chi connectivity index (χ0n) is 16.4. The van der Waals surface area contributed by atoms with E-state index in [2.05, 4.69) is 52.9 Å². The van der Waals surface area contributed by atoms with E-state index in [9.17, 15) is 4.79 Å². The number of hydrogen-bond acceptors (Lipinski definition) is 3. The van der Waals surface area contributed by atoms with E-state index in [1.54, 1.807) is 0 Å². The van der Waals surface area contributed by atoms with Gasteiger partial charge in [0.1, 0.15) is 0 Å². The Kier molecular flexibility index (Phi) is 5.07. The van der Waals surface area contributed by atoms with Crippen LogP contribution in [0.1, 0.15) is 43.7 Å². The number of carbonyl (C=O) groups is 1. The molecule has 142 valence electrons. The van der Waals surface area contributed by atoms with Gasteiger partial charge in [0.25, 0.3) is 0 Å². The van der Waals surface area contributed by atoms with E-state index in [1.807, 2.05) is 0 Å². The SMILES string of the molecule is CC1CCN(C(=O)CN2CCC3(CC2)c2ccccc2CCN3C)CC1. The van der Waals surface area contributed by atoms with E-state index >= 15 is 0 Å². The summed E-state index contributed by atoms with van der Waals surface area (Å²) in [6.45, 7) is 7.99. The predicted molar refractivity (Wildman–Crippen MR) is 105 cm³/mol. The van der Waals surface area contributed by atoms with E-state index in [0.717, 1.165) is 70.7 Å². The number of carbonyl (C=O) groups excluding carboxylic acids is 1. The molecule has 1 amide bonds. The number of nitrogens with zero attached hydrogens (tertiary/aromatic N) is 3. The van der Waals surface area contributed by atoms with Crippen LogP contribution in [0, 0.1) is 5.92 Å². The van der Waals surface area contributed by atoms with Gasteiger partial charge in [-0.25, -0.2) is 0 Å². The number of hydrogen-bond donors (Lipinski definition) is 0. The Balaban J connectivity index is 1.39. The van der Waals surface area contributed by atoms with Crippen LogP contribution in [0.4, 0.5) is 0 Å². The van der Waals surface area contributed by atoms with Crippen LogP contribution >= 0.6 is 0 Å². The van der Waals surface area contributed by atoms with Gasteiger partial charge in [-0.2, -0.15) is 0 Å². The van der Waals surface area contributed by atoms with Crippen LogP contribution in [-0.2, 0) is 16.8 Å². The van der Waals surface area contributed by atoms with E-state index in [-0.39, 0.29) is 5.54 Å². The fourth-order valence-corrected chi connectivity index (χ4v) is 5.18. The van der Waals surface area contributed by atoms with Crippen molar-refractivity contribution < 1.29 is 4.79 Å².